The van der Waals surface area contributed by atoms with Crippen molar-refractivity contribution in [1.29, 1.82) is 0 Å². The molecule has 0 aliphatic carbocycles. The van der Waals surface area contributed by atoms with Gasteiger partial charge in [0.1, 0.15) is 17.8 Å². The molecule has 1 aromatic rings. The van der Waals surface area contributed by atoms with Crippen molar-refractivity contribution in [2.24, 2.45) is 5.92 Å². The Morgan fingerprint density at radius 2 is 1.96 bits per heavy atom. The topological polar surface area (TPSA) is 61.8 Å². The smallest absolute Gasteiger partial charge is 0.313 e. The maximum Gasteiger partial charge on any atom is 0.313 e. The van der Waals surface area contributed by atoms with E-state index in [-0.39, 0.29) is 6.42 Å². The number of ether oxygens (including phenoxy) is 3. The van der Waals surface area contributed by atoms with Crippen molar-refractivity contribution in [3.05, 3.63) is 41.0 Å². The highest BCUT2D eigenvalue weighted by Gasteiger charge is 2.43. The Bertz CT molecular complexity index is 643. The fourth-order valence-corrected chi connectivity index (χ4v) is 2.61. The van der Waals surface area contributed by atoms with Crippen LogP contribution in [0.1, 0.15) is 45.3 Å². The quantitative estimate of drug-likeness (QED) is 0.588. The van der Waals surface area contributed by atoms with Gasteiger partial charge in [-0.1, -0.05) is 29.3 Å². The molecule has 24 heavy (non-hydrogen) atoms. The first-order chi connectivity index (χ1) is 11.4. The second-order valence-corrected chi connectivity index (χ2v) is 6.16. The number of carbonyl (C=O) groups excluding carboxylic acids is 2. The lowest BCUT2D eigenvalue weighted by Gasteiger charge is -2.19. The van der Waals surface area contributed by atoms with E-state index in [9.17, 15) is 9.59 Å². The summed E-state index contributed by atoms with van der Waals surface area (Å²) in [6, 6.07) is 7.23. The Morgan fingerprint density at radius 3 is 2.62 bits per heavy atom. The van der Waals surface area contributed by atoms with Gasteiger partial charge in [0.05, 0.1) is 20.1 Å². The Morgan fingerprint density at radius 1 is 1.25 bits per heavy atom. The summed E-state index contributed by atoms with van der Waals surface area (Å²) < 4.78 is 16.0. The summed E-state index contributed by atoms with van der Waals surface area (Å²) in [4.78, 5) is 24.1. The Hall–Kier alpha value is -2.30. The number of hydrogen-bond acceptors (Lipinski definition) is 5. The van der Waals surface area contributed by atoms with Crippen LogP contribution in [0.15, 0.2) is 35.4 Å². The molecule has 1 aliphatic rings. The Kier molecular flexibility index (Phi) is 6.01. The van der Waals surface area contributed by atoms with Gasteiger partial charge in [-0.05, 0) is 26.8 Å². The summed E-state index contributed by atoms with van der Waals surface area (Å²) in [6.07, 6.45) is 0.0589. The zero-order valence-corrected chi connectivity index (χ0v) is 14.6. The van der Waals surface area contributed by atoms with Gasteiger partial charge in [-0.2, -0.15) is 0 Å². The van der Waals surface area contributed by atoms with Crippen LogP contribution in [-0.4, -0.2) is 25.7 Å². The van der Waals surface area contributed by atoms with Gasteiger partial charge in [0.25, 0.3) is 0 Å². The van der Waals surface area contributed by atoms with Crippen molar-refractivity contribution in [3.8, 4) is 5.75 Å². The third kappa shape index (κ3) is 4.16. The zero-order chi connectivity index (χ0) is 17.7. The number of hydrogen-bond donors (Lipinski definition) is 0. The molecule has 0 aromatic heterocycles. The fourth-order valence-electron chi connectivity index (χ4n) is 2.61. The van der Waals surface area contributed by atoms with Crippen molar-refractivity contribution < 1.29 is 23.8 Å². The molecule has 0 N–H and O–H groups in total. The Balaban J connectivity index is 2.08. The van der Waals surface area contributed by atoms with Crippen LogP contribution in [0.4, 0.5) is 0 Å². The molecule has 5 nitrogen and oxygen atoms in total. The third-order valence-corrected chi connectivity index (χ3v) is 4.33. The first kappa shape index (κ1) is 18.0. The molecule has 0 spiro atoms. The van der Waals surface area contributed by atoms with Gasteiger partial charge in [-0.25, -0.2) is 0 Å². The first-order valence-corrected chi connectivity index (χ1v) is 8.06. The van der Waals surface area contributed by atoms with Crippen molar-refractivity contribution in [1.82, 2.24) is 0 Å². The summed E-state index contributed by atoms with van der Waals surface area (Å²) in [5.41, 5.74) is 3.11. The molecule has 0 saturated carbocycles. The number of para-hydroxylation sites is 1. The van der Waals surface area contributed by atoms with Gasteiger partial charge < -0.3 is 14.2 Å². The molecule has 5 heteroatoms. The van der Waals surface area contributed by atoms with E-state index in [1.165, 1.54) is 11.1 Å². The third-order valence-electron chi connectivity index (χ3n) is 4.33. The molecular formula is C19H24O5. The molecule has 0 amide bonds. The van der Waals surface area contributed by atoms with Crippen LogP contribution in [0.3, 0.4) is 0 Å². The van der Waals surface area contributed by atoms with E-state index in [2.05, 4.69) is 0 Å². The van der Waals surface area contributed by atoms with Gasteiger partial charge >= 0.3 is 11.9 Å². The van der Waals surface area contributed by atoms with E-state index in [1.807, 2.05) is 32.9 Å². The average Bonchev–Trinajstić information content (AvgIpc) is 2.96. The largest absolute Gasteiger partial charge is 0.496 e. The summed E-state index contributed by atoms with van der Waals surface area (Å²) >= 11 is 0. The summed E-state index contributed by atoms with van der Waals surface area (Å²) in [7, 11) is 1.55. The van der Waals surface area contributed by atoms with Gasteiger partial charge in [0.2, 0.25) is 0 Å². The number of cyclic esters (lactones) is 1. The zero-order valence-electron chi connectivity index (χ0n) is 14.6. The number of carbonyl (C=O) groups is 2. The minimum Gasteiger partial charge on any atom is -0.496 e. The maximum atomic E-state index is 12.4. The molecule has 1 heterocycles. The van der Waals surface area contributed by atoms with E-state index in [4.69, 9.17) is 14.2 Å². The van der Waals surface area contributed by atoms with Crippen LogP contribution in [0, 0.1) is 5.92 Å². The normalized spacial score (nSPS) is 19.6. The lowest BCUT2D eigenvalue weighted by atomic mass is 9.94. The molecule has 1 fully saturated rings. The molecule has 0 radical (unpaired) electrons. The van der Waals surface area contributed by atoms with Crippen LogP contribution < -0.4 is 4.74 Å². The van der Waals surface area contributed by atoms with Crippen LogP contribution in [0.25, 0.3) is 0 Å². The highest BCUT2D eigenvalue weighted by atomic mass is 16.6. The second kappa shape index (κ2) is 7.99. The lowest BCUT2D eigenvalue weighted by Crippen LogP contribution is -2.22. The SMILES string of the molecule is COc1ccccc1[C@H]1OC(=O)C[C@@H]1C(=O)OCCC(C)=C(C)C. The Labute approximate surface area is 142 Å². The highest BCUT2D eigenvalue weighted by Crippen LogP contribution is 2.40. The number of methoxy groups -OCH3 is 1. The predicted molar refractivity (Wildman–Crippen MR) is 89.6 cm³/mol. The summed E-state index contributed by atoms with van der Waals surface area (Å²) in [5.74, 6) is -0.845. The maximum absolute atomic E-state index is 12.4. The van der Waals surface area contributed by atoms with Gasteiger partial charge in [-0.3, -0.25) is 9.59 Å². The monoisotopic (exact) mass is 332 g/mol. The van der Waals surface area contributed by atoms with E-state index in [0.717, 1.165) is 0 Å². The molecule has 2 rings (SSSR count). The fraction of sp³-hybridized carbons (Fsp3) is 0.474. The van der Waals surface area contributed by atoms with E-state index in [0.29, 0.717) is 24.3 Å². The van der Waals surface area contributed by atoms with Crippen molar-refractivity contribution in [2.45, 2.75) is 39.7 Å². The van der Waals surface area contributed by atoms with Crippen molar-refractivity contribution in [3.63, 3.8) is 0 Å². The average molecular weight is 332 g/mol. The second-order valence-electron chi connectivity index (χ2n) is 6.16. The summed E-state index contributed by atoms with van der Waals surface area (Å²) in [6.45, 7) is 6.37. The van der Waals surface area contributed by atoms with Crippen LogP contribution >= 0.6 is 0 Å². The molecule has 130 valence electrons. The molecule has 0 bridgehead atoms. The molecular weight excluding hydrogens is 308 g/mol. The van der Waals surface area contributed by atoms with E-state index in [1.54, 1.807) is 19.2 Å². The van der Waals surface area contributed by atoms with Crippen molar-refractivity contribution >= 4 is 11.9 Å². The van der Waals surface area contributed by atoms with E-state index < -0.39 is 24.0 Å². The van der Waals surface area contributed by atoms with Crippen molar-refractivity contribution in [2.75, 3.05) is 13.7 Å². The van der Waals surface area contributed by atoms with Crippen LogP contribution in [0.5, 0.6) is 5.75 Å². The number of rotatable bonds is 6. The predicted octanol–water partition coefficient (Wildman–Crippen LogP) is 3.59. The van der Waals surface area contributed by atoms with E-state index >= 15 is 0 Å². The minimum atomic E-state index is -0.661. The number of benzene rings is 1. The van der Waals surface area contributed by atoms with Gasteiger partial charge in [0, 0.05) is 12.0 Å². The number of allylic oxidation sites excluding steroid dienone is 1. The standard InChI is InChI=1S/C19H24O5/c1-12(2)13(3)9-10-23-19(21)15-11-17(20)24-18(15)14-7-5-6-8-16(14)22-4/h5-8,15,18H,9-11H2,1-4H3/t15-,18+/m0/s1. The summed E-state index contributed by atoms with van der Waals surface area (Å²) in [5, 5.41) is 0. The number of esters is 2. The molecule has 2 atom stereocenters. The minimum absolute atomic E-state index is 0.0309. The van der Waals surface area contributed by atoms with Crippen LogP contribution in [-0.2, 0) is 19.1 Å². The molecule has 0 unspecified atom stereocenters. The van der Waals surface area contributed by atoms with Gasteiger partial charge in [0.15, 0.2) is 0 Å². The highest BCUT2D eigenvalue weighted by molar-refractivity contribution is 5.84. The molecule has 1 aliphatic heterocycles. The first-order valence-electron chi connectivity index (χ1n) is 8.06. The van der Waals surface area contributed by atoms with Gasteiger partial charge in [-0.15, -0.1) is 0 Å². The van der Waals surface area contributed by atoms with Crippen LogP contribution in [0.2, 0.25) is 0 Å². The molecule has 1 saturated heterocycles. The molecule has 1 aromatic carbocycles. The lowest BCUT2D eigenvalue weighted by molar-refractivity contribution is -0.150.